The monoisotopic (exact) mass is 338 g/mol. The van der Waals surface area contributed by atoms with E-state index in [1.54, 1.807) is 0 Å². The van der Waals surface area contributed by atoms with Crippen LogP contribution in [0.2, 0.25) is 0 Å². The van der Waals surface area contributed by atoms with E-state index in [2.05, 4.69) is 66.0 Å². The van der Waals surface area contributed by atoms with Crippen molar-refractivity contribution in [1.29, 1.82) is 0 Å². The minimum atomic E-state index is 0.932. The van der Waals surface area contributed by atoms with Crippen LogP contribution in [0.15, 0.2) is 73.3 Å². The Morgan fingerprint density at radius 3 is 2.58 bits per heavy atom. The smallest absolute Gasteiger partial charge is 0.144 e. The van der Waals surface area contributed by atoms with Crippen molar-refractivity contribution in [3.8, 4) is 17.1 Å². The van der Waals surface area contributed by atoms with Crippen LogP contribution in [0.4, 0.5) is 0 Å². The summed E-state index contributed by atoms with van der Waals surface area (Å²) >= 11 is 0. The Hall–Kier alpha value is -3.40. The Bertz CT molecular complexity index is 1240. The fourth-order valence-corrected chi connectivity index (χ4v) is 3.63. The lowest BCUT2D eigenvalue weighted by molar-refractivity contribution is 1.03. The molecular formula is C22H18N4. The lowest BCUT2D eigenvalue weighted by atomic mass is 10.1. The quantitative estimate of drug-likeness (QED) is 0.456. The Labute approximate surface area is 151 Å². The predicted molar refractivity (Wildman–Crippen MR) is 105 cm³/mol. The van der Waals surface area contributed by atoms with Gasteiger partial charge in [-0.3, -0.25) is 4.57 Å². The molecule has 5 aromatic rings. The van der Waals surface area contributed by atoms with E-state index in [-0.39, 0.29) is 0 Å². The summed E-state index contributed by atoms with van der Waals surface area (Å²) in [6, 6.07) is 16.7. The van der Waals surface area contributed by atoms with Gasteiger partial charge >= 0.3 is 0 Å². The third-order valence-corrected chi connectivity index (χ3v) is 4.88. The zero-order valence-electron chi connectivity index (χ0n) is 14.7. The highest BCUT2D eigenvalue weighted by atomic mass is 15.1. The van der Waals surface area contributed by atoms with E-state index in [4.69, 9.17) is 4.98 Å². The van der Waals surface area contributed by atoms with Gasteiger partial charge in [0.2, 0.25) is 0 Å². The number of imidazole rings is 1. The summed E-state index contributed by atoms with van der Waals surface area (Å²) in [6.07, 6.45) is 8.01. The van der Waals surface area contributed by atoms with Crippen LogP contribution in [0.1, 0.15) is 11.1 Å². The Morgan fingerprint density at radius 1 is 0.885 bits per heavy atom. The molecule has 0 fully saturated rings. The van der Waals surface area contributed by atoms with Gasteiger partial charge in [0.1, 0.15) is 11.5 Å². The summed E-state index contributed by atoms with van der Waals surface area (Å²) in [5, 5.41) is 1.11. The first kappa shape index (κ1) is 14.9. The Balaban J connectivity index is 1.71. The molecule has 5 rings (SSSR count). The van der Waals surface area contributed by atoms with E-state index in [1.807, 2.05) is 35.1 Å². The topological polar surface area (TPSA) is 35.1 Å². The number of aryl methyl sites for hydroxylation is 2. The van der Waals surface area contributed by atoms with Gasteiger partial charge in [0.25, 0.3) is 0 Å². The summed E-state index contributed by atoms with van der Waals surface area (Å²) in [4.78, 5) is 9.41. The number of hydrogen-bond donors (Lipinski definition) is 0. The molecule has 0 unspecified atom stereocenters. The first-order chi connectivity index (χ1) is 12.7. The number of hydrogen-bond acceptors (Lipinski definition) is 2. The maximum atomic E-state index is 4.77. The van der Waals surface area contributed by atoms with Gasteiger partial charge in [-0.1, -0.05) is 30.3 Å². The molecule has 0 amide bonds. The molecule has 3 aromatic heterocycles. The molecule has 0 aliphatic carbocycles. The van der Waals surface area contributed by atoms with Crippen molar-refractivity contribution < 1.29 is 0 Å². The Morgan fingerprint density at radius 2 is 1.73 bits per heavy atom. The molecule has 126 valence electrons. The second-order valence-electron chi connectivity index (χ2n) is 6.65. The van der Waals surface area contributed by atoms with E-state index < -0.39 is 0 Å². The maximum Gasteiger partial charge on any atom is 0.144 e. The van der Waals surface area contributed by atoms with Crippen molar-refractivity contribution in [3.05, 3.63) is 84.4 Å². The maximum absolute atomic E-state index is 4.77. The molecule has 0 radical (unpaired) electrons. The third-order valence-electron chi connectivity index (χ3n) is 4.88. The zero-order chi connectivity index (χ0) is 17.7. The van der Waals surface area contributed by atoms with Crippen molar-refractivity contribution >= 4 is 16.6 Å². The first-order valence-electron chi connectivity index (χ1n) is 8.68. The molecule has 0 atom stereocenters. The summed E-state index contributed by atoms with van der Waals surface area (Å²) in [5.41, 5.74) is 6.65. The number of fused-ring (bicyclic) bond motifs is 2. The van der Waals surface area contributed by atoms with Crippen LogP contribution in [0, 0.1) is 13.8 Å². The van der Waals surface area contributed by atoms with E-state index in [0.29, 0.717) is 0 Å². The highest BCUT2D eigenvalue weighted by Gasteiger charge is 2.12. The zero-order valence-corrected chi connectivity index (χ0v) is 14.7. The second-order valence-corrected chi connectivity index (χ2v) is 6.65. The molecule has 0 spiro atoms. The van der Waals surface area contributed by atoms with Crippen molar-refractivity contribution in [3.63, 3.8) is 0 Å². The number of para-hydroxylation sites is 1. The summed E-state index contributed by atoms with van der Waals surface area (Å²) < 4.78 is 4.21. The highest BCUT2D eigenvalue weighted by Crippen LogP contribution is 2.28. The van der Waals surface area contributed by atoms with Gasteiger partial charge in [0, 0.05) is 35.7 Å². The van der Waals surface area contributed by atoms with Crippen LogP contribution in [0.3, 0.4) is 0 Å². The molecule has 26 heavy (non-hydrogen) atoms. The molecule has 3 heterocycles. The highest BCUT2D eigenvalue weighted by molar-refractivity contribution is 5.84. The number of aromatic nitrogens is 4. The fourth-order valence-electron chi connectivity index (χ4n) is 3.63. The number of nitrogens with zero attached hydrogens (tertiary/aromatic N) is 4. The molecule has 0 N–H and O–H groups in total. The minimum absolute atomic E-state index is 0.932. The van der Waals surface area contributed by atoms with Crippen LogP contribution in [0.25, 0.3) is 33.6 Å². The van der Waals surface area contributed by atoms with Crippen LogP contribution in [-0.4, -0.2) is 18.9 Å². The molecule has 0 saturated heterocycles. The Kier molecular flexibility index (Phi) is 3.19. The minimum Gasteiger partial charge on any atom is -0.308 e. The van der Waals surface area contributed by atoms with Crippen molar-refractivity contribution in [1.82, 2.24) is 18.9 Å². The van der Waals surface area contributed by atoms with Gasteiger partial charge in [-0.05, 0) is 43.2 Å². The van der Waals surface area contributed by atoms with Crippen molar-refractivity contribution in [2.75, 3.05) is 0 Å². The van der Waals surface area contributed by atoms with Crippen molar-refractivity contribution in [2.45, 2.75) is 13.8 Å². The van der Waals surface area contributed by atoms with Crippen LogP contribution in [-0.2, 0) is 0 Å². The molecular weight excluding hydrogens is 320 g/mol. The number of rotatable bonds is 2. The average molecular weight is 338 g/mol. The largest absolute Gasteiger partial charge is 0.308 e. The third kappa shape index (κ3) is 2.23. The number of benzene rings is 2. The summed E-state index contributed by atoms with van der Waals surface area (Å²) in [6.45, 7) is 4.27. The summed E-state index contributed by atoms with van der Waals surface area (Å²) in [7, 11) is 0. The van der Waals surface area contributed by atoms with E-state index in [1.165, 1.54) is 16.8 Å². The second kappa shape index (κ2) is 5.56. The predicted octanol–water partition coefficient (Wildman–Crippen LogP) is 4.96. The van der Waals surface area contributed by atoms with Crippen LogP contribution in [0.5, 0.6) is 0 Å². The van der Waals surface area contributed by atoms with Gasteiger partial charge in [-0.2, -0.15) is 0 Å². The molecule has 4 heteroatoms. The lowest BCUT2D eigenvalue weighted by Crippen LogP contribution is -2.01. The fraction of sp³-hybridized carbons (Fsp3) is 0.0909. The molecule has 2 aromatic carbocycles. The molecule has 0 aliphatic heterocycles. The van der Waals surface area contributed by atoms with Crippen LogP contribution < -0.4 is 0 Å². The molecule has 0 bridgehead atoms. The molecule has 0 aliphatic rings. The van der Waals surface area contributed by atoms with E-state index in [0.717, 1.165) is 27.9 Å². The lowest BCUT2D eigenvalue weighted by Gasteiger charge is -2.14. The molecule has 4 nitrogen and oxygen atoms in total. The SMILES string of the molecule is Cc1cccc(C)c1-n1ccnc1-c1ccc2cn3cccc3nc2c1. The normalized spacial score (nSPS) is 11.5. The van der Waals surface area contributed by atoms with E-state index >= 15 is 0 Å². The van der Waals surface area contributed by atoms with E-state index in [9.17, 15) is 0 Å². The van der Waals surface area contributed by atoms with Gasteiger partial charge in [0.15, 0.2) is 0 Å². The van der Waals surface area contributed by atoms with Gasteiger partial charge < -0.3 is 4.40 Å². The average Bonchev–Trinajstić information content (AvgIpc) is 3.28. The van der Waals surface area contributed by atoms with Gasteiger partial charge in [-0.25, -0.2) is 9.97 Å². The standard InChI is InChI=1S/C22H18N4/c1-15-5-3-6-16(2)21(15)26-12-10-23-22(26)17-8-9-18-14-25-11-4-7-20(25)24-19(18)13-17/h3-14H,1-2H3. The van der Waals surface area contributed by atoms with Crippen molar-refractivity contribution in [2.24, 2.45) is 0 Å². The first-order valence-corrected chi connectivity index (χ1v) is 8.68. The molecule has 0 saturated carbocycles. The van der Waals surface area contributed by atoms with Gasteiger partial charge in [0.05, 0.1) is 11.2 Å². The summed E-state index contributed by atoms with van der Waals surface area (Å²) in [5.74, 6) is 0.932. The van der Waals surface area contributed by atoms with Gasteiger partial charge in [-0.15, -0.1) is 0 Å². The van der Waals surface area contributed by atoms with Crippen LogP contribution >= 0.6 is 0 Å².